The molecule has 1 aromatic rings. The van der Waals surface area contributed by atoms with Gasteiger partial charge < -0.3 is 15.1 Å². The van der Waals surface area contributed by atoms with Crippen LogP contribution in [0.25, 0.3) is 0 Å². The zero-order chi connectivity index (χ0) is 12.1. The minimum absolute atomic E-state index is 0.0943. The lowest BCUT2D eigenvalue weighted by atomic mass is 10.2. The molecule has 0 radical (unpaired) electrons. The van der Waals surface area contributed by atoms with E-state index in [-0.39, 0.29) is 12.1 Å². The molecule has 86 valence electrons. The van der Waals surface area contributed by atoms with E-state index >= 15 is 0 Å². The molecule has 0 heterocycles. The molecule has 0 saturated carbocycles. The van der Waals surface area contributed by atoms with Crippen LogP contribution in [0.15, 0.2) is 24.3 Å². The van der Waals surface area contributed by atoms with Gasteiger partial charge >= 0.3 is 11.9 Å². The van der Waals surface area contributed by atoms with Gasteiger partial charge in [-0.3, -0.25) is 4.79 Å². The number of carboxylic acids is 2. The van der Waals surface area contributed by atoms with Crippen LogP contribution in [0.5, 0.6) is 0 Å². The van der Waals surface area contributed by atoms with Crippen LogP contribution in [0.1, 0.15) is 17.3 Å². The van der Waals surface area contributed by atoms with E-state index in [2.05, 4.69) is 0 Å². The molecule has 0 aliphatic rings. The zero-order valence-corrected chi connectivity index (χ0v) is 8.88. The highest BCUT2D eigenvalue weighted by molar-refractivity contribution is 5.88. The van der Waals surface area contributed by atoms with Crippen LogP contribution in [0, 0.1) is 0 Å². The molecule has 0 aliphatic heterocycles. The molecular weight excluding hydrogens is 210 g/mol. The maximum atomic E-state index is 10.6. The van der Waals surface area contributed by atoms with Crippen molar-refractivity contribution >= 4 is 17.6 Å². The summed E-state index contributed by atoms with van der Waals surface area (Å²) in [6.45, 7) is 2.30. The zero-order valence-electron chi connectivity index (χ0n) is 8.88. The van der Waals surface area contributed by atoms with Crippen molar-refractivity contribution in [2.75, 3.05) is 18.0 Å². The second-order valence-corrected chi connectivity index (χ2v) is 3.26. The Kier molecular flexibility index (Phi) is 3.88. The molecule has 16 heavy (non-hydrogen) atoms. The third kappa shape index (κ3) is 2.98. The highest BCUT2D eigenvalue weighted by Gasteiger charge is 2.09. The minimum Gasteiger partial charge on any atom is -0.480 e. The number of hydrogen-bond acceptors (Lipinski definition) is 3. The fourth-order valence-electron chi connectivity index (χ4n) is 1.36. The number of carboxylic acid groups (broad SMARTS) is 2. The van der Waals surface area contributed by atoms with Crippen molar-refractivity contribution in [2.24, 2.45) is 0 Å². The normalized spacial score (nSPS) is 9.81. The van der Waals surface area contributed by atoms with Crippen LogP contribution >= 0.6 is 0 Å². The second-order valence-electron chi connectivity index (χ2n) is 3.26. The summed E-state index contributed by atoms with van der Waals surface area (Å²) >= 11 is 0. The first-order valence-electron chi connectivity index (χ1n) is 4.84. The van der Waals surface area contributed by atoms with Crippen molar-refractivity contribution in [3.8, 4) is 0 Å². The highest BCUT2D eigenvalue weighted by atomic mass is 16.4. The predicted molar refractivity (Wildman–Crippen MR) is 58.9 cm³/mol. The van der Waals surface area contributed by atoms with Crippen LogP contribution in [-0.2, 0) is 4.79 Å². The van der Waals surface area contributed by atoms with Crippen molar-refractivity contribution in [3.05, 3.63) is 29.8 Å². The van der Waals surface area contributed by atoms with Crippen molar-refractivity contribution in [3.63, 3.8) is 0 Å². The summed E-state index contributed by atoms with van der Waals surface area (Å²) < 4.78 is 0. The monoisotopic (exact) mass is 223 g/mol. The van der Waals surface area contributed by atoms with Crippen molar-refractivity contribution in [2.45, 2.75) is 6.92 Å². The largest absolute Gasteiger partial charge is 0.480 e. The van der Waals surface area contributed by atoms with Gasteiger partial charge in [0.05, 0.1) is 5.56 Å². The number of benzene rings is 1. The molecule has 0 atom stereocenters. The number of carbonyl (C=O) groups is 2. The van der Waals surface area contributed by atoms with Crippen LogP contribution in [0.3, 0.4) is 0 Å². The number of aromatic carboxylic acids is 1. The molecule has 0 saturated heterocycles. The molecule has 0 fully saturated rings. The number of anilines is 1. The van der Waals surface area contributed by atoms with E-state index in [1.54, 1.807) is 17.0 Å². The Morgan fingerprint density at radius 3 is 2.12 bits per heavy atom. The Morgan fingerprint density at radius 1 is 1.19 bits per heavy atom. The van der Waals surface area contributed by atoms with E-state index < -0.39 is 11.9 Å². The SMILES string of the molecule is CCN(CC(=O)O)c1ccc(C(=O)O)cc1. The summed E-state index contributed by atoms with van der Waals surface area (Å²) in [6.07, 6.45) is 0. The first kappa shape index (κ1) is 12.0. The average molecular weight is 223 g/mol. The molecule has 1 rings (SSSR count). The molecule has 2 N–H and O–H groups in total. The van der Waals surface area contributed by atoms with E-state index in [4.69, 9.17) is 10.2 Å². The van der Waals surface area contributed by atoms with Crippen LogP contribution in [0.4, 0.5) is 5.69 Å². The minimum atomic E-state index is -0.993. The molecule has 0 bridgehead atoms. The summed E-state index contributed by atoms with van der Waals surface area (Å²) in [4.78, 5) is 22.8. The topological polar surface area (TPSA) is 77.8 Å². The summed E-state index contributed by atoms with van der Waals surface area (Å²) in [6, 6.07) is 6.14. The first-order valence-corrected chi connectivity index (χ1v) is 4.84. The van der Waals surface area contributed by atoms with Crippen LogP contribution in [-0.4, -0.2) is 35.2 Å². The Balaban J connectivity index is 2.86. The second kappa shape index (κ2) is 5.16. The van der Waals surface area contributed by atoms with E-state index in [0.29, 0.717) is 12.2 Å². The Labute approximate surface area is 92.9 Å². The molecule has 0 aromatic heterocycles. The number of likely N-dealkylation sites (N-methyl/N-ethyl adjacent to an activating group) is 1. The van der Waals surface area contributed by atoms with Gasteiger partial charge in [0.15, 0.2) is 0 Å². The Bertz CT molecular complexity index is 385. The standard InChI is InChI=1S/C11H13NO4/c1-2-12(7-10(13)14)9-5-3-8(4-6-9)11(15)16/h3-6H,2,7H2,1H3,(H,13,14)(H,15,16). The van der Waals surface area contributed by atoms with E-state index in [9.17, 15) is 9.59 Å². The molecule has 1 aromatic carbocycles. The maximum absolute atomic E-state index is 10.6. The number of rotatable bonds is 5. The van der Waals surface area contributed by atoms with Gasteiger partial charge in [-0.25, -0.2) is 4.79 Å². The lowest BCUT2D eigenvalue weighted by Crippen LogP contribution is -2.29. The quantitative estimate of drug-likeness (QED) is 0.786. The third-order valence-electron chi connectivity index (χ3n) is 2.19. The first-order chi connectivity index (χ1) is 7.54. The van der Waals surface area contributed by atoms with Gasteiger partial charge in [-0.05, 0) is 31.2 Å². The van der Waals surface area contributed by atoms with Crippen LogP contribution in [0.2, 0.25) is 0 Å². The fourth-order valence-corrected chi connectivity index (χ4v) is 1.36. The van der Waals surface area contributed by atoms with Crippen molar-refractivity contribution in [1.82, 2.24) is 0 Å². The average Bonchev–Trinajstić information content (AvgIpc) is 2.25. The lowest BCUT2D eigenvalue weighted by molar-refractivity contribution is -0.135. The molecule has 0 amide bonds. The maximum Gasteiger partial charge on any atom is 0.335 e. The summed E-state index contributed by atoms with van der Waals surface area (Å²) in [7, 11) is 0. The van der Waals surface area contributed by atoms with Crippen molar-refractivity contribution < 1.29 is 19.8 Å². The number of nitrogens with zero attached hydrogens (tertiary/aromatic N) is 1. The van der Waals surface area contributed by atoms with Gasteiger partial charge in [-0.15, -0.1) is 0 Å². The summed E-state index contributed by atoms with van der Waals surface area (Å²) in [5, 5.41) is 17.4. The summed E-state index contributed by atoms with van der Waals surface area (Å²) in [5.41, 5.74) is 0.894. The lowest BCUT2D eigenvalue weighted by Gasteiger charge is -2.20. The van der Waals surface area contributed by atoms with E-state index in [1.165, 1.54) is 12.1 Å². The number of hydrogen-bond donors (Lipinski definition) is 2. The third-order valence-corrected chi connectivity index (χ3v) is 2.19. The fraction of sp³-hybridized carbons (Fsp3) is 0.273. The molecule has 5 nitrogen and oxygen atoms in total. The number of aliphatic carboxylic acids is 1. The van der Waals surface area contributed by atoms with Gasteiger partial charge in [0.1, 0.15) is 6.54 Å². The van der Waals surface area contributed by atoms with Gasteiger partial charge in [0.2, 0.25) is 0 Å². The molecule has 5 heteroatoms. The summed E-state index contributed by atoms with van der Waals surface area (Å²) in [5.74, 6) is -1.91. The predicted octanol–water partition coefficient (Wildman–Crippen LogP) is 1.30. The highest BCUT2D eigenvalue weighted by Crippen LogP contribution is 2.14. The van der Waals surface area contributed by atoms with E-state index in [1.807, 2.05) is 6.92 Å². The Hall–Kier alpha value is -2.04. The van der Waals surface area contributed by atoms with Gasteiger partial charge in [-0.1, -0.05) is 0 Å². The van der Waals surface area contributed by atoms with E-state index in [0.717, 1.165) is 0 Å². The molecule has 0 unspecified atom stereocenters. The van der Waals surface area contributed by atoms with Gasteiger partial charge in [0.25, 0.3) is 0 Å². The molecule has 0 aliphatic carbocycles. The van der Waals surface area contributed by atoms with Gasteiger partial charge in [-0.2, -0.15) is 0 Å². The van der Waals surface area contributed by atoms with Crippen molar-refractivity contribution in [1.29, 1.82) is 0 Å². The molecule has 0 spiro atoms. The molecular formula is C11H13NO4. The smallest absolute Gasteiger partial charge is 0.335 e. The Morgan fingerprint density at radius 2 is 1.75 bits per heavy atom. The van der Waals surface area contributed by atoms with Gasteiger partial charge in [0, 0.05) is 12.2 Å². The van der Waals surface area contributed by atoms with Crippen LogP contribution < -0.4 is 4.90 Å².